The normalized spacial score (nSPS) is 15.2. The first-order valence-corrected chi connectivity index (χ1v) is 10.5. The van der Waals surface area contributed by atoms with E-state index < -0.39 is 17.8 Å². The molecule has 0 aliphatic heterocycles. The Morgan fingerprint density at radius 3 is 2.48 bits per heavy atom. The molecular weight excluding hydrogens is 391 g/mol. The van der Waals surface area contributed by atoms with Crippen LogP contribution >= 0.6 is 11.3 Å². The van der Waals surface area contributed by atoms with Gasteiger partial charge in [-0.1, -0.05) is 18.9 Å². The molecule has 5 nitrogen and oxygen atoms in total. The summed E-state index contributed by atoms with van der Waals surface area (Å²) in [7, 11) is 0. The first kappa shape index (κ1) is 19.4. The third kappa shape index (κ3) is 4.24. The predicted octanol–water partition coefficient (Wildman–Crippen LogP) is 4.93. The zero-order valence-corrected chi connectivity index (χ0v) is 16.5. The molecule has 0 spiro atoms. The number of hydrogen-bond acceptors (Lipinski definition) is 4. The molecule has 150 valence electrons. The molecule has 4 rings (SSSR count). The average Bonchev–Trinajstić information content (AvgIpc) is 3.49. The zero-order valence-electron chi connectivity index (χ0n) is 15.7. The quantitative estimate of drug-likeness (QED) is 0.625. The van der Waals surface area contributed by atoms with Gasteiger partial charge in [0.1, 0.15) is 5.82 Å². The Labute approximate surface area is 172 Å². The maximum Gasteiger partial charge on any atom is 0.295 e. The Morgan fingerprint density at radius 1 is 1.10 bits per heavy atom. The Balaban J connectivity index is 1.75. The number of rotatable bonds is 6. The molecule has 2 heterocycles. The molecule has 1 atom stereocenters. The van der Waals surface area contributed by atoms with Gasteiger partial charge in [-0.05, 0) is 60.7 Å². The standard InChI is InChI=1S/C22H21FN2O3S/c23-15-9-11-17(12-10-15)25(22(27)18-7-3-13-28-18)20(19-8-4-14-29-19)21(26)24-16-5-1-2-6-16/h3-4,7-14,16,20H,1-2,5-6H2,(H,24,26)/t20-/m1/s1. The lowest BCUT2D eigenvalue weighted by Crippen LogP contribution is -2.46. The molecule has 0 radical (unpaired) electrons. The van der Waals surface area contributed by atoms with E-state index in [9.17, 15) is 14.0 Å². The van der Waals surface area contributed by atoms with Gasteiger partial charge in [-0.3, -0.25) is 14.5 Å². The van der Waals surface area contributed by atoms with Crippen molar-refractivity contribution < 1.29 is 18.4 Å². The summed E-state index contributed by atoms with van der Waals surface area (Å²) in [5.41, 5.74) is 0.424. The van der Waals surface area contributed by atoms with Gasteiger partial charge in [-0.2, -0.15) is 0 Å². The van der Waals surface area contributed by atoms with E-state index in [0.29, 0.717) is 5.69 Å². The van der Waals surface area contributed by atoms with Crippen LogP contribution in [0.15, 0.2) is 64.6 Å². The van der Waals surface area contributed by atoms with Gasteiger partial charge in [0, 0.05) is 16.6 Å². The highest BCUT2D eigenvalue weighted by atomic mass is 32.1. The predicted molar refractivity (Wildman–Crippen MR) is 109 cm³/mol. The van der Waals surface area contributed by atoms with Gasteiger partial charge < -0.3 is 9.73 Å². The van der Waals surface area contributed by atoms with Crippen LogP contribution in [0.3, 0.4) is 0 Å². The van der Waals surface area contributed by atoms with Crippen molar-refractivity contribution in [2.75, 3.05) is 4.90 Å². The molecule has 0 unspecified atom stereocenters. The number of carbonyl (C=O) groups is 2. The second-order valence-electron chi connectivity index (χ2n) is 7.04. The molecule has 2 aromatic heterocycles. The summed E-state index contributed by atoms with van der Waals surface area (Å²) in [5.74, 6) is -1.00. The Bertz CT molecular complexity index is 949. The molecule has 3 aromatic rings. The minimum atomic E-state index is -0.876. The maximum atomic E-state index is 13.5. The summed E-state index contributed by atoms with van der Waals surface area (Å²) in [6, 6.07) is 11.6. The fourth-order valence-electron chi connectivity index (χ4n) is 3.68. The third-order valence-electron chi connectivity index (χ3n) is 5.08. The zero-order chi connectivity index (χ0) is 20.2. The molecule has 1 aromatic carbocycles. The van der Waals surface area contributed by atoms with Crippen LogP contribution in [0, 0.1) is 5.82 Å². The van der Waals surface area contributed by atoms with Gasteiger partial charge in [-0.25, -0.2) is 4.39 Å². The number of amides is 2. The van der Waals surface area contributed by atoms with Crippen LogP contribution in [0.1, 0.15) is 47.2 Å². The second-order valence-corrected chi connectivity index (χ2v) is 8.02. The number of benzene rings is 1. The molecule has 7 heteroatoms. The fraction of sp³-hybridized carbons (Fsp3) is 0.273. The molecule has 1 fully saturated rings. The maximum absolute atomic E-state index is 13.5. The largest absolute Gasteiger partial charge is 0.459 e. The van der Waals surface area contributed by atoms with E-state index in [1.807, 2.05) is 17.5 Å². The van der Waals surface area contributed by atoms with Crippen molar-refractivity contribution in [3.05, 3.63) is 76.6 Å². The van der Waals surface area contributed by atoms with E-state index in [1.54, 1.807) is 12.1 Å². The van der Waals surface area contributed by atoms with Crippen molar-refractivity contribution in [1.82, 2.24) is 5.32 Å². The van der Waals surface area contributed by atoms with E-state index in [0.717, 1.165) is 30.6 Å². The van der Waals surface area contributed by atoms with Crippen LogP contribution in [0.4, 0.5) is 10.1 Å². The number of carbonyl (C=O) groups excluding carboxylic acids is 2. The van der Waals surface area contributed by atoms with Gasteiger partial charge >= 0.3 is 0 Å². The van der Waals surface area contributed by atoms with Crippen LogP contribution < -0.4 is 10.2 Å². The number of hydrogen-bond donors (Lipinski definition) is 1. The number of nitrogens with zero attached hydrogens (tertiary/aromatic N) is 1. The molecule has 1 saturated carbocycles. The van der Waals surface area contributed by atoms with Gasteiger partial charge in [0.25, 0.3) is 5.91 Å². The number of furan rings is 1. The highest BCUT2D eigenvalue weighted by Crippen LogP contribution is 2.33. The van der Waals surface area contributed by atoms with Gasteiger partial charge in [0.05, 0.1) is 6.26 Å². The first-order valence-electron chi connectivity index (χ1n) is 9.60. The van der Waals surface area contributed by atoms with E-state index in [4.69, 9.17) is 4.42 Å². The monoisotopic (exact) mass is 412 g/mol. The van der Waals surface area contributed by atoms with Crippen molar-refractivity contribution in [2.24, 2.45) is 0 Å². The second kappa shape index (κ2) is 8.61. The molecular formula is C22H21FN2O3S. The minimum absolute atomic E-state index is 0.110. The van der Waals surface area contributed by atoms with Crippen LogP contribution in [-0.4, -0.2) is 17.9 Å². The van der Waals surface area contributed by atoms with E-state index in [1.165, 1.54) is 46.8 Å². The topological polar surface area (TPSA) is 62.6 Å². The van der Waals surface area contributed by atoms with Gasteiger partial charge in [0.15, 0.2) is 11.8 Å². The van der Waals surface area contributed by atoms with Crippen LogP contribution in [0.2, 0.25) is 0 Å². The molecule has 1 aliphatic rings. The molecule has 1 aliphatic carbocycles. The average molecular weight is 412 g/mol. The van der Waals surface area contributed by atoms with Crippen molar-refractivity contribution in [1.29, 1.82) is 0 Å². The molecule has 1 N–H and O–H groups in total. The molecule has 29 heavy (non-hydrogen) atoms. The molecule has 0 bridgehead atoms. The van der Waals surface area contributed by atoms with E-state index in [-0.39, 0.29) is 17.7 Å². The van der Waals surface area contributed by atoms with Crippen molar-refractivity contribution in [3.63, 3.8) is 0 Å². The summed E-state index contributed by atoms with van der Waals surface area (Å²) in [5, 5.41) is 4.96. The number of halogens is 1. The Morgan fingerprint density at radius 2 is 1.86 bits per heavy atom. The SMILES string of the molecule is O=C(NC1CCCC1)[C@@H](c1cccs1)N(C(=O)c1ccco1)c1ccc(F)cc1. The third-order valence-corrected chi connectivity index (χ3v) is 6.00. The highest BCUT2D eigenvalue weighted by Gasteiger charge is 2.36. The Kier molecular flexibility index (Phi) is 5.76. The summed E-state index contributed by atoms with van der Waals surface area (Å²) < 4.78 is 18.8. The lowest BCUT2D eigenvalue weighted by molar-refractivity contribution is -0.123. The number of nitrogens with one attached hydrogen (secondary N) is 1. The van der Waals surface area contributed by atoms with Crippen molar-refractivity contribution in [3.8, 4) is 0 Å². The summed E-state index contributed by atoms with van der Waals surface area (Å²) >= 11 is 1.40. The smallest absolute Gasteiger partial charge is 0.295 e. The lowest BCUT2D eigenvalue weighted by Gasteiger charge is -2.30. The lowest BCUT2D eigenvalue weighted by atomic mass is 10.1. The fourth-order valence-corrected chi connectivity index (χ4v) is 4.49. The van der Waals surface area contributed by atoms with Crippen molar-refractivity contribution in [2.45, 2.75) is 37.8 Å². The Hall–Kier alpha value is -2.93. The van der Waals surface area contributed by atoms with Gasteiger partial charge in [-0.15, -0.1) is 11.3 Å². The van der Waals surface area contributed by atoms with E-state index >= 15 is 0 Å². The summed E-state index contributed by atoms with van der Waals surface area (Å²) in [4.78, 5) is 28.8. The molecule has 2 amide bonds. The minimum Gasteiger partial charge on any atom is -0.459 e. The van der Waals surface area contributed by atoms with Crippen LogP contribution in [0.5, 0.6) is 0 Å². The number of anilines is 1. The van der Waals surface area contributed by atoms with Crippen LogP contribution in [-0.2, 0) is 4.79 Å². The summed E-state index contributed by atoms with van der Waals surface area (Å²) in [6.07, 6.45) is 5.45. The van der Waals surface area contributed by atoms with Crippen LogP contribution in [0.25, 0.3) is 0 Å². The highest BCUT2D eigenvalue weighted by molar-refractivity contribution is 7.10. The van der Waals surface area contributed by atoms with Gasteiger partial charge in [0.2, 0.25) is 5.91 Å². The first-order chi connectivity index (χ1) is 14.1. The molecule has 0 saturated heterocycles. The van der Waals surface area contributed by atoms with E-state index in [2.05, 4.69) is 5.32 Å². The van der Waals surface area contributed by atoms with Crippen molar-refractivity contribution >= 4 is 28.8 Å². The summed E-state index contributed by atoms with van der Waals surface area (Å²) in [6.45, 7) is 0. The number of thiophene rings is 1.